The van der Waals surface area contributed by atoms with E-state index in [1.807, 2.05) is 48.2 Å². The van der Waals surface area contributed by atoms with Crippen molar-refractivity contribution in [2.45, 2.75) is 25.7 Å². The largest absolute Gasteiger partial charge is 0.482 e. The number of ether oxygens (including phenoxy) is 2. The van der Waals surface area contributed by atoms with Gasteiger partial charge < -0.3 is 18.8 Å². The van der Waals surface area contributed by atoms with Crippen LogP contribution in [0.5, 0.6) is 11.5 Å². The van der Waals surface area contributed by atoms with Crippen LogP contribution in [0.2, 0.25) is 0 Å². The van der Waals surface area contributed by atoms with E-state index in [0.29, 0.717) is 24.6 Å². The Morgan fingerprint density at radius 1 is 1.10 bits per heavy atom. The lowest BCUT2D eigenvalue weighted by molar-refractivity contribution is -0.146. The molecule has 2 unspecified atom stereocenters. The van der Waals surface area contributed by atoms with Crippen LogP contribution in [-0.4, -0.2) is 59.1 Å². The molecular weight excluding hydrogens is 402 g/mol. The van der Waals surface area contributed by atoms with E-state index in [2.05, 4.69) is 15.3 Å². The molecule has 0 aliphatic carbocycles. The first-order valence-electron chi connectivity index (χ1n) is 10.1. The molecule has 30 heavy (non-hydrogen) atoms. The second-order valence-electron chi connectivity index (χ2n) is 7.53. The summed E-state index contributed by atoms with van der Waals surface area (Å²) in [5, 5.41) is 2.97. The molecule has 0 N–H and O–H groups in total. The fourth-order valence-corrected chi connectivity index (χ4v) is 4.60. The van der Waals surface area contributed by atoms with Gasteiger partial charge in [-0.2, -0.15) is 0 Å². The van der Waals surface area contributed by atoms with Crippen LogP contribution in [0.25, 0.3) is 10.8 Å². The van der Waals surface area contributed by atoms with Crippen LogP contribution in [-0.2, 0) is 11.3 Å². The number of hydrogen-bond donors (Lipinski definition) is 0. The van der Waals surface area contributed by atoms with Gasteiger partial charge in [0.1, 0.15) is 6.10 Å². The van der Waals surface area contributed by atoms with E-state index in [1.54, 1.807) is 17.6 Å². The average Bonchev–Trinajstić information content (AvgIpc) is 3.45. The van der Waals surface area contributed by atoms with Crippen LogP contribution < -0.4 is 9.47 Å². The topological polar surface area (TPSA) is 68.0 Å². The Balaban J connectivity index is 1.17. The summed E-state index contributed by atoms with van der Waals surface area (Å²) in [4.78, 5) is 21.9. The number of fused-ring (bicyclic) bond motifs is 1. The lowest BCUT2D eigenvalue weighted by atomic mass is 10.1. The monoisotopic (exact) mass is 425 g/mol. The van der Waals surface area contributed by atoms with Crippen molar-refractivity contribution in [3.8, 4) is 22.3 Å². The Morgan fingerprint density at radius 2 is 1.87 bits per heavy atom. The summed E-state index contributed by atoms with van der Waals surface area (Å²) in [6.07, 6.45) is 0.731. The number of carbonyl (C=O) groups is 1. The summed E-state index contributed by atoms with van der Waals surface area (Å²) < 4.78 is 17.3. The molecule has 5 rings (SSSR count). The van der Waals surface area contributed by atoms with Crippen LogP contribution in [0.4, 0.5) is 0 Å². The van der Waals surface area contributed by atoms with Gasteiger partial charge in [0.05, 0.1) is 12.0 Å². The zero-order valence-electron chi connectivity index (χ0n) is 16.7. The molecule has 2 aliphatic heterocycles. The summed E-state index contributed by atoms with van der Waals surface area (Å²) in [6.45, 7) is 5.60. The normalized spacial score (nSPS) is 21.6. The third-order valence-corrected chi connectivity index (χ3v) is 6.34. The second-order valence-corrected chi connectivity index (χ2v) is 8.39. The summed E-state index contributed by atoms with van der Waals surface area (Å²) >= 11 is 1.59. The highest BCUT2D eigenvalue weighted by Crippen LogP contribution is 2.34. The highest BCUT2D eigenvalue weighted by atomic mass is 32.1. The molecule has 2 aromatic heterocycles. The molecule has 1 fully saturated rings. The van der Waals surface area contributed by atoms with Crippen molar-refractivity contribution in [2.24, 2.45) is 0 Å². The summed E-state index contributed by atoms with van der Waals surface area (Å²) in [5.74, 6) is 2.11. The van der Waals surface area contributed by atoms with Gasteiger partial charge in [0.25, 0.3) is 5.91 Å². The fraction of sp³-hybridized carbons (Fsp3) is 0.364. The van der Waals surface area contributed by atoms with Crippen molar-refractivity contribution >= 4 is 17.2 Å². The van der Waals surface area contributed by atoms with Crippen molar-refractivity contribution < 1.29 is 18.7 Å². The zero-order chi connectivity index (χ0) is 20.5. The van der Waals surface area contributed by atoms with Gasteiger partial charge in [-0.1, -0.05) is 12.1 Å². The molecule has 0 spiro atoms. The fourth-order valence-electron chi connectivity index (χ4n) is 3.82. The van der Waals surface area contributed by atoms with E-state index in [9.17, 15) is 4.79 Å². The van der Waals surface area contributed by atoms with Gasteiger partial charge in [-0.05, 0) is 31.2 Å². The highest BCUT2D eigenvalue weighted by Gasteiger charge is 2.37. The summed E-state index contributed by atoms with van der Waals surface area (Å²) in [5.41, 5.74) is 1.03. The first kappa shape index (κ1) is 19.1. The Hall–Kier alpha value is -2.84. The number of nitrogens with zero attached hydrogens (tertiary/aromatic N) is 3. The van der Waals surface area contributed by atoms with Crippen LogP contribution in [0, 0.1) is 0 Å². The lowest BCUT2D eigenvalue weighted by Gasteiger charge is -2.38. The van der Waals surface area contributed by atoms with Gasteiger partial charge in [-0.3, -0.25) is 9.69 Å². The van der Waals surface area contributed by atoms with Crippen molar-refractivity contribution in [1.29, 1.82) is 0 Å². The van der Waals surface area contributed by atoms with Crippen LogP contribution in [0.3, 0.4) is 0 Å². The van der Waals surface area contributed by atoms with E-state index < -0.39 is 6.10 Å². The maximum atomic E-state index is 13.1. The molecule has 0 saturated carbocycles. The molecule has 0 radical (unpaired) electrons. The van der Waals surface area contributed by atoms with E-state index in [4.69, 9.17) is 13.9 Å². The molecule has 1 saturated heterocycles. The van der Waals surface area contributed by atoms with Gasteiger partial charge in [0.15, 0.2) is 22.3 Å². The van der Waals surface area contributed by atoms with Crippen LogP contribution >= 0.6 is 11.3 Å². The van der Waals surface area contributed by atoms with Gasteiger partial charge in [-0.25, -0.2) is 4.98 Å². The van der Waals surface area contributed by atoms with Gasteiger partial charge in [0.2, 0.25) is 6.10 Å². The number of carbonyl (C=O) groups excluding carboxylic acids is 1. The van der Waals surface area contributed by atoms with Crippen molar-refractivity contribution in [1.82, 2.24) is 14.8 Å². The number of furan rings is 1. The molecule has 3 aromatic rings. The number of hydrogen-bond acceptors (Lipinski definition) is 7. The molecule has 7 nitrogen and oxygen atoms in total. The Kier molecular flexibility index (Phi) is 5.18. The van der Waals surface area contributed by atoms with E-state index in [1.165, 1.54) is 0 Å². The quantitative estimate of drug-likeness (QED) is 0.639. The molecule has 1 amide bonds. The van der Waals surface area contributed by atoms with Crippen LogP contribution in [0.1, 0.15) is 12.6 Å². The molecule has 4 heterocycles. The molecule has 0 bridgehead atoms. The molecule has 2 aliphatic rings. The van der Waals surface area contributed by atoms with E-state index in [-0.39, 0.29) is 12.0 Å². The van der Waals surface area contributed by atoms with E-state index >= 15 is 0 Å². The summed E-state index contributed by atoms with van der Waals surface area (Å²) in [6, 6.07) is 11.3. The van der Waals surface area contributed by atoms with Crippen molar-refractivity contribution in [3.05, 3.63) is 53.7 Å². The first-order valence-corrected chi connectivity index (χ1v) is 11.0. The van der Waals surface area contributed by atoms with Gasteiger partial charge >= 0.3 is 0 Å². The second kappa shape index (κ2) is 8.12. The van der Waals surface area contributed by atoms with Gasteiger partial charge in [0, 0.05) is 38.1 Å². The number of amides is 1. The predicted molar refractivity (Wildman–Crippen MR) is 113 cm³/mol. The number of para-hydroxylation sites is 2. The smallest absolute Gasteiger partial charge is 0.267 e. The number of thiazole rings is 1. The first-order chi connectivity index (χ1) is 14.7. The standard InChI is InChI=1S/C22H23N3O4S/c1-15-20(29-18-6-3-2-5-17(18)28-15)22(26)25-10-8-24(9-11-25)13-16-14-30-21(23-16)19-7-4-12-27-19/h2-7,12,14-15,20H,8-11,13H2,1H3. The maximum absolute atomic E-state index is 13.1. The SMILES string of the molecule is CC1Oc2ccccc2OC1C(=O)N1CCN(Cc2csc(-c3ccco3)n2)CC1. The maximum Gasteiger partial charge on any atom is 0.267 e. The minimum Gasteiger partial charge on any atom is -0.482 e. The zero-order valence-corrected chi connectivity index (χ0v) is 17.5. The third kappa shape index (κ3) is 3.80. The Labute approximate surface area is 178 Å². The molecular formula is C22H23N3O4S. The molecule has 156 valence electrons. The minimum absolute atomic E-state index is 0.00887. The predicted octanol–water partition coefficient (Wildman–Crippen LogP) is 3.28. The molecule has 1 aromatic carbocycles. The number of benzene rings is 1. The Morgan fingerprint density at radius 3 is 2.60 bits per heavy atom. The lowest BCUT2D eigenvalue weighted by Crippen LogP contribution is -2.55. The average molecular weight is 426 g/mol. The van der Waals surface area contributed by atoms with E-state index in [0.717, 1.165) is 36.1 Å². The Bertz CT molecular complexity index is 1010. The molecule has 2 atom stereocenters. The molecule has 8 heteroatoms. The van der Waals surface area contributed by atoms with Gasteiger partial charge in [-0.15, -0.1) is 11.3 Å². The third-order valence-electron chi connectivity index (χ3n) is 5.44. The summed E-state index contributed by atoms with van der Waals surface area (Å²) in [7, 11) is 0. The minimum atomic E-state index is -0.610. The number of piperazine rings is 1. The van der Waals surface area contributed by atoms with Crippen molar-refractivity contribution in [2.75, 3.05) is 26.2 Å². The number of rotatable bonds is 4. The number of aromatic nitrogens is 1. The highest BCUT2D eigenvalue weighted by molar-refractivity contribution is 7.13. The van der Waals surface area contributed by atoms with Crippen LogP contribution in [0.15, 0.2) is 52.5 Å². The van der Waals surface area contributed by atoms with Crippen molar-refractivity contribution in [3.63, 3.8) is 0 Å².